The van der Waals surface area contributed by atoms with Crippen molar-refractivity contribution in [3.8, 4) is 0 Å². The molecule has 2 fully saturated rings. The molecule has 4 nitrogen and oxygen atoms in total. The maximum Gasteiger partial charge on any atom is 0.0895 e. The third kappa shape index (κ3) is 3.65. The lowest BCUT2D eigenvalue weighted by Crippen LogP contribution is -2.49. The SMILES string of the molecule is OCC(O)CNC1CCCCC1C1CCCN1. The van der Waals surface area contributed by atoms with Gasteiger partial charge in [-0.3, -0.25) is 0 Å². The van der Waals surface area contributed by atoms with Gasteiger partial charge in [0.2, 0.25) is 0 Å². The van der Waals surface area contributed by atoms with Gasteiger partial charge in [-0.25, -0.2) is 0 Å². The van der Waals surface area contributed by atoms with Crippen LogP contribution in [0.25, 0.3) is 0 Å². The van der Waals surface area contributed by atoms with E-state index in [1.807, 2.05) is 0 Å². The van der Waals surface area contributed by atoms with Crippen molar-refractivity contribution in [3.05, 3.63) is 0 Å². The second kappa shape index (κ2) is 6.69. The van der Waals surface area contributed by atoms with Gasteiger partial charge in [0, 0.05) is 18.6 Å². The molecule has 1 heterocycles. The van der Waals surface area contributed by atoms with E-state index in [0.717, 1.165) is 6.54 Å². The Hall–Kier alpha value is -0.160. The van der Waals surface area contributed by atoms with Crippen molar-refractivity contribution < 1.29 is 10.2 Å². The minimum atomic E-state index is -0.617. The molecule has 1 saturated carbocycles. The van der Waals surface area contributed by atoms with Crippen LogP contribution in [-0.4, -0.2) is 48.1 Å². The molecule has 4 atom stereocenters. The van der Waals surface area contributed by atoms with Gasteiger partial charge in [0.15, 0.2) is 0 Å². The van der Waals surface area contributed by atoms with E-state index < -0.39 is 6.10 Å². The summed E-state index contributed by atoms with van der Waals surface area (Å²) in [6, 6.07) is 1.18. The second-order valence-electron chi connectivity index (χ2n) is 5.50. The van der Waals surface area contributed by atoms with E-state index in [4.69, 9.17) is 5.11 Å². The topological polar surface area (TPSA) is 64.5 Å². The van der Waals surface area contributed by atoms with Crippen LogP contribution in [0.1, 0.15) is 38.5 Å². The molecule has 1 aliphatic heterocycles. The maximum atomic E-state index is 9.41. The minimum Gasteiger partial charge on any atom is -0.394 e. The highest BCUT2D eigenvalue weighted by atomic mass is 16.3. The molecule has 2 aliphatic rings. The van der Waals surface area contributed by atoms with Gasteiger partial charge in [-0.1, -0.05) is 12.8 Å². The lowest BCUT2D eigenvalue weighted by molar-refractivity contribution is 0.0849. The Bertz CT molecular complexity index is 219. The highest BCUT2D eigenvalue weighted by molar-refractivity contribution is 4.91. The molecule has 0 amide bonds. The van der Waals surface area contributed by atoms with Gasteiger partial charge >= 0.3 is 0 Å². The zero-order chi connectivity index (χ0) is 12.1. The van der Waals surface area contributed by atoms with Crippen molar-refractivity contribution in [3.63, 3.8) is 0 Å². The maximum absolute atomic E-state index is 9.41. The van der Waals surface area contributed by atoms with E-state index in [1.165, 1.54) is 38.5 Å². The summed E-state index contributed by atoms with van der Waals surface area (Å²) in [4.78, 5) is 0. The predicted molar refractivity (Wildman–Crippen MR) is 67.9 cm³/mol. The van der Waals surface area contributed by atoms with Crippen LogP contribution in [0.15, 0.2) is 0 Å². The van der Waals surface area contributed by atoms with Crippen LogP contribution in [0, 0.1) is 5.92 Å². The molecular weight excluding hydrogens is 216 g/mol. The number of nitrogens with one attached hydrogen (secondary N) is 2. The average Bonchev–Trinajstić information content (AvgIpc) is 2.90. The van der Waals surface area contributed by atoms with Gasteiger partial charge in [0.05, 0.1) is 12.7 Å². The summed E-state index contributed by atoms with van der Waals surface area (Å²) < 4.78 is 0. The van der Waals surface area contributed by atoms with Crippen molar-refractivity contribution in [2.75, 3.05) is 19.7 Å². The van der Waals surface area contributed by atoms with Crippen molar-refractivity contribution >= 4 is 0 Å². The van der Waals surface area contributed by atoms with Crippen molar-refractivity contribution in [2.45, 2.75) is 56.7 Å². The molecule has 4 unspecified atom stereocenters. The largest absolute Gasteiger partial charge is 0.394 e. The number of hydrogen-bond acceptors (Lipinski definition) is 4. The van der Waals surface area contributed by atoms with E-state index in [1.54, 1.807) is 0 Å². The minimum absolute atomic E-state index is 0.147. The molecule has 0 bridgehead atoms. The first-order valence-electron chi connectivity index (χ1n) is 7.07. The summed E-state index contributed by atoms with van der Waals surface area (Å²) in [5.41, 5.74) is 0. The molecule has 4 heteroatoms. The third-order valence-corrected chi connectivity index (χ3v) is 4.26. The Morgan fingerprint density at radius 1 is 1.18 bits per heavy atom. The Labute approximate surface area is 104 Å². The lowest BCUT2D eigenvalue weighted by Gasteiger charge is -2.36. The number of rotatable bonds is 5. The van der Waals surface area contributed by atoms with Crippen LogP contribution >= 0.6 is 0 Å². The standard InChI is InChI=1S/C13H26N2O2/c16-9-10(17)8-15-13-5-2-1-4-11(13)12-6-3-7-14-12/h10-17H,1-9H2. The Morgan fingerprint density at radius 2 is 2.00 bits per heavy atom. The highest BCUT2D eigenvalue weighted by Crippen LogP contribution is 2.30. The fourth-order valence-corrected chi connectivity index (χ4v) is 3.32. The first-order chi connectivity index (χ1) is 8.31. The van der Waals surface area contributed by atoms with Crippen LogP contribution in [0.3, 0.4) is 0 Å². The average molecular weight is 242 g/mol. The van der Waals surface area contributed by atoms with Crippen LogP contribution in [0.2, 0.25) is 0 Å². The van der Waals surface area contributed by atoms with Crippen LogP contribution in [-0.2, 0) is 0 Å². The summed E-state index contributed by atoms with van der Waals surface area (Å²) >= 11 is 0. The Morgan fingerprint density at radius 3 is 2.71 bits per heavy atom. The van der Waals surface area contributed by atoms with Gasteiger partial charge in [-0.15, -0.1) is 0 Å². The van der Waals surface area contributed by atoms with Crippen LogP contribution < -0.4 is 10.6 Å². The second-order valence-corrected chi connectivity index (χ2v) is 5.50. The van der Waals surface area contributed by atoms with E-state index in [2.05, 4.69) is 10.6 Å². The fourth-order valence-electron chi connectivity index (χ4n) is 3.32. The number of aliphatic hydroxyl groups is 2. The zero-order valence-corrected chi connectivity index (χ0v) is 10.6. The van der Waals surface area contributed by atoms with E-state index >= 15 is 0 Å². The number of hydrogen-bond donors (Lipinski definition) is 4. The summed E-state index contributed by atoms with van der Waals surface area (Å²) in [5.74, 6) is 0.706. The van der Waals surface area contributed by atoms with Gasteiger partial charge in [0.1, 0.15) is 0 Å². The summed E-state index contributed by atoms with van der Waals surface area (Å²) in [5, 5.41) is 25.3. The molecule has 0 aromatic rings. The van der Waals surface area contributed by atoms with E-state index in [9.17, 15) is 5.11 Å². The number of aliphatic hydroxyl groups excluding tert-OH is 2. The molecular formula is C13H26N2O2. The summed E-state index contributed by atoms with van der Waals surface area (Å²) in [6.07, 6.45) is 7.11. The molecule has 4 N–H and O–H groups in total. The van der Waals surface area contributed by atoms with E-state index in [-0.39, 0.29) is 6.61 Å². The Balaban J connectivity index is 1.83. The fraction of sp³-hybridized carbons (Fsp3) is 1.00. The third-order valence-electron chi connectivity index (χ3n) is 4.26. The van der Waals surface area contributed by atoms with E-state index in [0.29, 0.717) is 24.5 Å². The van der Waals surface area contributed by atoms with Gasteiger partial charge in [-0.2, -0.15) is 0 Å². The Kier molecular flexibility index (Phi) is 5.22. The first-order valence-corrected chi connectivity index (χ1v) is 7.07. The van der Waals surface area contributed by atoms with Crippen molar-refractivity contribution in [1.82, 2.24) is 10.6 Å². The molecule has 100 valence electrons. The van der Waals surface area contributed by atoms with Crippen LogP contribution in [0.4, 0.5) is 0 Å². The predicted octanol–water partition coefficient (Wildman–Crippen LogP) is 0.240. The highest BCUT2D eigenvalue weighted by Gasteiger charge is 2.32. The molecule has 0 spiro atoms. The molecule has 1 aliphatic carbocycles. The van der Waals surface area contributed by atoms with Gasteiger partial charge in [-0.05, 0) is 38.1 Å². The van der Waals surface area contributed by atoms with Gasteiger partial charge < -0.3 is 20.8 Å². The van der Waals surface area contributed by atoms with Crippen molar-refractivity contribution in [1.29, 1.82) is 0 Å². The normalized spacial score (nSPS) is 36.0. The first kappa shape index (κ1) is 13.3. The monoisotopic (exact) mass is 242 g/mol. The van der Waals surface area contributed by atoms with Crippen LogP contribution in [0.5, 0.6) is 0 Å². The molecule has 1 saturated heterocycles. The smallest absolute Gasteiger partial charge is 0.0895 e. The molecule has 0 aromatic carbocycles. The van der Waals surface area contributed by atoms with Crippen molar-refractivity contribution in [2.24, 2.45) is 5.92 Å². The van der Waals surface area contributed by atoms with Gasteiger partial charge in [0.25, 0.3) is 0 Å². The summed E-state index contributed by atoms with van der Waals surface area (Å²) in [6.45, 7) is 1.53. The lowest BCUT2D eigenvalue weighted by atomic mass is 9.79. The molecule has 0 radical (unpaired) electrons. The molecule has 2 rings (SSSR count). The molecule has 0 aromatic heterocycles. The summed E-state index contributed by atoms with van der Waals surface area (Å²) in [7, 11) is 0. The quantitative estimate of drug-likeness (QED) is 0.558. The zero-order valence-electron chi connectivity index (χ0n) is 10.6. The molecule has 17 heavy (non-hydrogen) atoms.